The molecule has 1 atom stereocenters. The molecular weight excluding hydrogens is 234 g/mol. The zero-order valence-corrected chi connectivity index (χ0v) is 10.2. The zero-order chi connectivity index (χ0) is 11.4. The third-order valence-corrected chi connectivity index (χ3v) is 2.57. The number of esters is 1. The molecule has 1 amide bonds. The summed E-state index contributed by atoms with van der Waals surface area (Å²) in [6, 6.07) is 0. The van der Waals surface area contributed by atoms with Crippen LogP contribution in [0.4, 0.5) is 0 Å². The molecule has 0 radical (unpaired) electrons. The van der Waals surface area contributed by atoms with E-state index >= 15 is 0 Å². The van der Waals surface area contributed by atoms with Gasteiger partial charge >= 0.3 is 5.97 Å². The van der Waals surface area contributed by atoms with E-state index in [-0.39, 0.29) is 30.6 Å². The second kappa shape index (κ2) is 6.48. The molecule has 0 saturated carbocycles. The first-order valence-corrected chi connectivity index (χ1v) is 4.92. The van der Waals surface area contributed by atoms with Crippen molar-refractivity contribution < 1.29 is 19.1 Å². The molecule has 1 fully saturated rings. The van der Waals surface area contributed by atoms with Crippen LogP contribution in [0.3, 0.4) is 0 Å². The molecule has 1 heterocycles. The zero-order valence-electron chi connectivity index (χ0n) is 9.39. The normalized spacial score (nSPS) is 20.8. The van der Waals surface area contributed by atoms with Gasteiger partial charge in [0.1, 0.15) is 11.7 Å². The van der Waals surface area contributed by atoms with Crippen molar-refractivity contribution in [2.75, 3.05) is 20.2 Å². The molecule has 5 nitrogen and oxygen atoms in total. The molecular formula is C10H16ClNO4. The van der Waals surface area contributed by atoms with Gasteiger partial charge in [0.15, 0.2) is 0 Å². The van der Waals surface area contributed by atoms with Crippen molar-refractivity contribution in [1.82, 2.24) is 4.90 Å². The molecule has 92 valence electrons. The lowest BCUT2D eigenvalue weighted by Gasteiger charge is -2.20. The Labute approximate surface area is 101 Å². The molecule has 0 N–H and O–H groups in total. The molecule has 1 aliphatic rings. The highest BCUT2D eigenvalue weighted by Gasteiger charge is 2.32. The van der Waals surface area contributed by atoms with Gasteiger partial charge in [-0.2, -0.15) is 0 Å². The maximum absolute atomic E-state index is 11.5. The summed E-state index contributed by atoms with van der Waals surface area (Å²) in [6.07, 6.45) is 0.954. The fourth-order valence-corrected chi connectivity index (χ4v) is 1.67. The number of ketones is 1. The predicted molar refractivity (Wildman–Crippen MR) is 59.2 cm³/mol. The van der Waals surface area contributed by atoms with Crippen LogP contribution in [0.15, 0.2) is 0 Å². The fraction of sp³-hybridized carbons (Fsp3) is 0.700. The number of likely N-dealkylation sites (tertiary alicyclic amines) is 1. The average molecular weight is 250 g/mol. The van der Waals surface area contributed by atoms with Gasteiger partial charge in [-0.05, 0) is 6.42 Å². The standard InChI is InChI=1S/C10H15NO4.ClH/c1-7(12)11-5-3-4-9(13)8(6-11)10(14)15-2;/h8H,3-6H2,1-2H3;1H. The van der Waals surface area contributed by atoms with Gasteiger partial charge in [-0.1, -0.05) is 0 Å². The van der Waals surface area contributed by atoms with E-state index in [2.05, 4.69) is 4.74 Å². The van der Waals surface area contributed by atoms with Crippen molar-refractivity contribution in [3.05, 3.63) is 0 Å². The van der Waals surface area contributed by atoms with Crippen LogP contribution in [-0.2, 0) is 19.1 Å². The summed E-state index contributed by atoms with van der Waals surface area (Å²) >= 11 is 0. The first-order chi connectivity index (χ1) is 7.06. The highest BCUT2D eigenvalue weighted by Crippen LogP contribution is 2.14. The van der Waals surface area contributed by atoms with E-state index in [9.17, 15) is 14.4 Å². The van der Waals surface area contributed by atoms with Crippen LogP contribution < -0.4 is 0 Å². The van der Waals surface area contributed by atoms with Crippen molar-refractivity contribution in [3.8, 4) is 0 Å². The van der Waals surface area contributed by atoms with Crippen molar-refractivity contribution in [3.63, 3.8) is 0 Å². The lowest BCUT2D eigenvalue weighted by atomic mass is 10.0. The second-order valence-corrected chi connectivity index (χ2v) is 3.61. The van der Waals surface area contributed by atoms with Crippen LogP contribution in [0.5, 0.6) is 0 Å². The van der Waals surface area contributed by atoms with Crippen LogP contribution in [0.25, 0.3) is 0 Å². The lowest BCUT2D eigenvalue weighted by Crippen LogP contribution is -2.38. The number of nitrogens with zero attached hydrogens (tertiary/aromatic N) is 1. The van der Waals surface area contributed by atoms with E-state index < -0.39 is 11.9 Å². The number of rotatable bonds is 1. The Kier molecular flexibility index (Phi) is 6.03. The quantitative estimate of drug-likeness (QED) is 0.499. The Bertz CT molecular complexity index is 293. The van der Waals surface area contributed by atoms with Crippen LogP contribution >= 0.6 is 12.4 Å². The van der Waals surface area contributed by atoms with E-state index in [4.69, 9.17) is 0 Å². The highest BCUT2D eigenvalue weighted by atomic mass is 35.5. The summed E-state index contributed by atoms with van der Waals surface area (Å²) in [5.41, 5.74) is 0. The summed E-state index contributed by atoms with van der Waals surface area (Å²) in [5, 5.41) is 0. The topological polar surface area (TPSA) is 63.7 Å². The number of carbonyl (C=O) groups excluding carboxylic acids is 3. The first kappa shape index (κ1) is 14.9. The molecule has 16 heavy (non-hydrogen) atoms. The number of hydrogen-bond acceptors (Lipinski definition) is 4. The van der Waals surface area contributed by atoms with Crippen LogP contribution in [0, 0.1) is 5.92 Å². The molecule has 0 aromatic carbocycles. The summed E-state index contributed by atoms with van der Waals surface area (Å²) in [7, 11) is 1.25. The Morgan fingerprint density at radius 1 is 1.44 bits per heavy atom. The Hall–Kier alpha value is -1.10. The molecule has 0 aromatic heterocycles. The molecule has 0 bridgehead atoms. The maximum Gasteiger partial charge on any atom is 0.318 e. The Morgan fingerprint density at radius 3 is 2.56 bits per heavy atom. The van der Waals surface area contributed by atoms with Gasteiger partial charge in [-0.15, -0.1) is 12.4 Å². The average Bonchev–Trinajstić information content (AvgIpc) is 2.39. The Balaban J connectivity index is 0.00000225. The molecule has 1 aliphatic heterocycles. The van der Waals surface area contributed by atoms with E-state index in [1.165, 1.54) is 18.9 Å². The summed E-state index contributed by atoms with van der Waals surface area (Å²) in [6.45, 7) is 2.12. The monoisotopic (exact) mass is 249 g/mol. The van der Waals surface area contributed by atoms with Crippen LogP contribution in [0.2, 0.25) is 0 Å². The van der Waals surface area contributed by atoms with E-state index in [0.717, 1.165) is 0 Å². The van der Waals surface area contributed by atoms with Crippen LogP contribution in [0.1, 0.15) is 19.8 Å². The molecule has 1 unspecified atom stereocenters. The second-order valence-electron chi connectivity index (χ2n) is 3.61. The van der Waals surface area contributed by atoms with E-state index in [1.807, 2.05) is 0 Å². The number of amides is 1. The number of carbonyl (C=O) groups is 3. The number of methoxy groups -OCH3 is 1. The Morgan fingerprint density at radius 2 is 2.06 bits per heavy atom. The number of halogens is 1. The third-order valence-electron chi connectivity index (χ3n) is 2.57. The lowest BCUT2D eigenvalue weighted by molar-refractivity contribution is -0.150. The van der Waals surface area contributed by atoms with Gasteiger partial charge in [0.25, 0.3) is 0 Å². The molecule has 0 aliphatic carbocycles. The van der Waals surface area contributed by atoms with E-state index in [0.29, 0.717) is 19.4 Å². The number of hydrogen-bond donors (Lipinski definition) is 0. The SMILES string of the molecule is COC(=O)C1CN(C(C)=O)CCCC1=O.Cl. The third kappa shape index (κ3) is 3.48. The molecule has 1 saturated heterocycles. The molecule has 0 aromatic rings. The fourth-order valence-electron chi connectivity index (χ4n) is 1.67. The van der Waals surface area contributed by atoms with Gasteiger partial charge < -0.3 is 9.64 Å². The molecule has 0 spiro atoms. The number of ether oxygens (including phenoxy) is 1. The minimum atomic E-state index is -0.804. The van der Waals surface area contributed by atoms with Gasteiger partial charge in [-0.25, -0.2) is 0 Å². The molecule has 6 heteroatoms. The van der Waals surface area contributed by atoms with E-state index in [1.54, 1.807) is 0 Å². The maximum atomic E-state index is 11.5. The van der Waals surface area contributed by atoms with Crippen molar-refractivity contribution in [2.45, 2.75) is 19.8 Å². The van der Waals surface area contributed by atoms with Crippen molar-refractivity contribution in [2.24, 2.45) is 5.92 Å². The van der Waals surface area contributed by atoms with Gasteiger partial charge in [0.2, 0.25) is 5.91 Å². The van der Waals surface area contributed by atoms with Crippen LogP contribution in [-0.4, -0.2) is 42.8 Å². The minimum absolute atomic E-state index is 0. The molecule has 1 rings (SSSR count). The first-order valence-electron chi connectivity index (χ1n) is 4.92. The van der Waals surface area contributed by atoms with Crippen molar-refractivity contribution in [1.29, 1.82) is 0 Å². The highest BCUT2D eigenvalue weighted by molar-refractivity contribution is 5.99. The smallest absolute Gasteiger partial charge is 0.318 e. The van der Waals surface area contributed by atoms with Gasteiger partial charge in [0, 0.05) is 26.4 Å². The number of Topliss-reactive ketones (excluding diaryl/α,β-unsaturated/α-hetero) is 1. The largest absolute Gasteiger partial charge is 0.468 e. The summed E-state index contributed by atoms with van der Waals surface area (Å²) in [4.78, 5) is 35.6. The van der Waals surface area contributed by atoms with Crippen molar-refractivity contribution >= 4 is 30.1 Å². The predicted octanol–water partition coefficient (Wildman–Crippen LogP) is 0.409. The van der Waals surface area contributed by atoms with Gasteiger partial charge in [0.05, 0.1) is 7.11 Å². The summed E-state index contributed by atoms with van der Waals surface area (Å²) < 4.78 is 4.55. The summed E-state index contributed by atoms with van der Waals surface area (Å²) in [5.74, 6) is -1.60. The minimum Gasteiger partial charge on any atom is -0.468 e. The van der Waals surface area contributed by atoms with Gasteiger partial charge in [-0.3, -0.25) is 14.4 Å².